The highest BCUT2D eigenvalue weighted by molar-refractivity contribution is 7.98. The first kappa shape index (κ1) is 37.2. The van der Waals surface area contributed by atoms with E-state index >= 15 is 0 Å². The van der Waals surface area contributed by atoms with Gasteiger partial charge in [-0.15, -0.1) is 11.8 Å². The van der Waals surface area contributed by atoms with Gasteiger partial charge in [-0.05, 0) is 83.5 Å². The lowest BCUT2D eigenvalue weighted by Crippen LogP contribution is -2.03. The molecule has 4 heteroatoms. The summed E-state index contributed by atoms with van der Waals surface area (Å²) in [6, 6.07) is 22.5. The molecule has 1 unspecified atom stereocenters. The Labute approximate surface area is 237 Å². The van der Waals surface area contributed by atoms with E-state index in [9.17, 15) is 4.39 Å². The molecule has 0 bridgehead atoms. The molecule has 1 nitrogen and oxygen atoms in total. The lowest BCUT2D eigenvalue weighted by molar-refractivity contribution is 0.0859. The minimum Gasteiger partial charge on any atom is -0.461 e. The van der Waals surface area contributed by atoms with Crippen LogP contribution in [0.5, 0.6) is 5.75 Å². The maximum Gasteiger partial charge on any atom is 0.235 e. The predicted octanol–water partition coefficient (Wildman–Crippen LogP) is 12.1. The number of alkyl halides is 1. The lowest BCUT2D eigenvalue weighted by Gasteiger charge is -2.10. The van der Waals surface area contributed by atoms with E-state index in [0.717, 1.165) is 16.1 Å². The topological polar surface area (TPSA) is 9.23 Å². The maximum atomic E-state index is 12.5. The van der Waals surface area contributed by atoms with Gasteiger partial charge in [-0.1, -0.05) is 104 Å². The predicted molar refractivity (Wildman–Crippen MR) is 168 cm³/mol. The van der Waals surface area contributed by atoms with Crippen LogP contribution in [0.25, 0.3) is 0 Å². The molecule has 0 fully saturated rings. The highest BCUT2D eigenvalue weighted by Crippen LogP contribution is 2.22. The van der Waals surface area contributed by atoms with Crippen LogP contribution in [0.3, 0.4) is 0 Å². The van der Waals surface area contributed by atoms with E-state index < -0.39 is 6.36 Å². The van der Waals surface area contributed by atoms with E-state index in [1.165, 1.54) is 22.9 Å². The Morgan fingerprint density at radius 1 is 0.703 bits per heavy atom. The van der Waals surface area contributed by atoms with Crippen LogP contribution in [0.4, 0.5) is 4.39 Å². The third-order valence-corrected chi connectivity index (χ3v) is 6.58. The molecule has 37 heavy (non-hydrogen) atoms. The fraction of sp³-hybridized carbons (Fsp3) is 0.455. The Morgan fingerprint density at radius 2 is 1.19 bits per heavy atom. The van der Waals surface area contributed by atoms with Gasteiger partial charge < -0.3 is 4.74 Å². The van der Waals surface area contributed by atoms with Crippen LogP contribution in [0, 0.1) is 6.92 Å². The molecule has 3 rings (SSSR count). The first-order chi connectivity index (χ1) is 16.4. The second kappa shape index (κ2) is 19.2. The summed E-state index contributed by atoms with van der Waals surface area (Å²) in [5.74, 6) is 2.27. The number of hydrogen-bond acceptors (Lipinski definition) is 2. The van der Waals surface area contributed by atoms with Crippen LogP contribution in [0.2, 0.25) is 5.02 Å². The molecule has 0 amide bonds. The molecule has 208 valence electrons. The number of hydrogen-bond donors (Lipinski definition) is 0. The van der Waals surface area contributed by atoms with E-state index in [4.69, 9.17) is 16.3 Å². The van der Waals surface area contributed by atoms with E-state index in [0.29, 0.717) is 23.5 Å². The van der Waals surface area contributed by atoms with Crippen molar-refractivity contribution in [2.75, 3.05) is 6.26 Å². The Kier molecular flexibility index (Phi) is 19.2. The first-order valence-electron chi connectivity index (χ1n) is 12.2. The van der Waals surface area contributed by atoms with Gasteiger partial charge >= 0.3 is 0 Å². The lowest BCUT2D eigenvalue weighted by atomic mass is 10.0. The van der Waals surface area contributed by atoms with Gasteiger partial charge in [-0.25, -0.2) is 4.39 Å². The molecule has 0 N–H and O–H groups in total. The summed E-state index contributed by atoms with van der Waals surface area (Å²) in [5, 5.41) is 0.856. The number of thioether (sulfide) groups is 1. The number of aryl methyl sites for hydroxylation is 1. The standard InChI is InChI=1S/C11H15FO.C10H13Cl.C10H14S.2CH4/c1-8(2)10-5-4-6-11(7-10)13-9(3)12;1-7(2)9-4-5-10(11)8(3)6-9;1-8(2)9-5-4-6-10(7-9)11-3;;/h4-9H,1-3H3;4-7H,1-3H3;4-8H,1-3H3;2*1H4. The van der Waals surface area contributed by atoms with E-state index in [1.54, 1.807) is 17.8 Å². The third-order valence-electron chi connectivity index (χ3n) is 5.43. The Morgan fingerprint density at radius 3 is 1.65 bits per heavy atom. The van der Waals surface area contributed by atoms with Gasteiger partial charge in [-0.3, -0.25) is 0 Å². The molecule has 0 saturated heterocycles. The average Bonchev–Trinajstić information content (AvgIpc) is 2.81. The fourth-order valence-electron chi connectivity index (χ4n) is 3.16. The molecular weight excluding hydrogens is 499 g/mol. The number of rotatable bonds is 6. The summed E-state index contributed by atoms with van der Waals surface area (Å²) < 4.78 is 17.4. The zero-order valence-electron chi connectivity index (χ0n) is 22.7. The van der Waals surface area contributed by atoms with Crippen LogP contribution in [-0.2, 0) is 0 Å². The summed E-state index contributed by atoms with van der Waals surface area (Å²) in [6.45, 7) is 16.4. The highest BCUT2D eigenvalue weighted by Gasteiger charge is 2.03. The molecule has 0 aromatic heterocycles. The molecule has 0 aliphatic rings. The van der Waals surface area contributed by atoms with Crippen molar-refractivity contribution in [1.82, 2.24) is 0 Å². The number of halogens is 2. The molecule has 3 aromatic carbocycles. The van der Waals surface area contributed by atoms with E-state index in [1.807, 2.05) is 31.2 Å². The molecule has 3 aromatic rings. The van der Waals surface area contributed by atoms with E-state index in [2.05, 4.69) is 84.2 Å². The molecule has 0 aliphatic carbocycles. The quantitative estimate of drug-likeness (QED) is 0.283. The van der Waals surface area contributed by atoms with Gasteiger partial charge in [0.2, 0.25) is 6.36 Å². The molecule has 0 spiro atoms. The van der Waals surface area contributed by atoms with Gasteiger partial charge in [0.25, 0.3) is 0 Å². The van der Waals surface area contributed by atoms with Crippen molar-refractivity contribution in [1.29, 1.82) is 0 Å². The smallest absolute Gasteiger partial charge is 0.235 e. The third kappa shape index (κ3) is 14.5. The minimum atomic E-state index is -1.25. The van der Waals surface area contributed by atoms with Gasteiger partial charge in [0.15, 0.2) is 0 Å². The molecule has 0 aliphatic heterocycles. The minimum absolute atomic E-state index is 0. The second-order valence-corrected chi connectivity index (χ2v) is 10.8. The van der Waals surface area contributed by atoms with Gasteiger partial charge in [-0.2, -0.15) is 0 Å². The zero-order valence-corrected chi connectivity index (χ0v) is 24.3. The summed E-state index contributed by atoms with van der Waals surface area (Å²) >= 11 is 7.69. The van der Waals surface area contributed by atoms with Gasteiger partial charge in [0.1, 0.15) is 5.75 Å². The van der Waals surface area contributed by atoms with Crippen molar-refractivity contribution in [3.63, 3.8) is 0 Å². The summed E-state index contributed by atoms with van der Waals surface area (Å²) in [6.07, 6.45) is 0.863. The van der Waals surface area contributed by atoms with Gasteiger partial charge in [0, 0.05) is 16.8 Å². The average molecular weight is 549 g/mol. The molecule has 0 heterocycles. The summed E-state index contributed by atoms with van der Waals surface area (Å²) in [5.41, 5.74) is 5.11. The zero-order chi connectivity index (χ0) is 26.5. The highest BCUT2D eigenvalue weighted by atomic mass is 35.5. The molecule has 1 atom stereocenters. The van der Waals surface area contributed by atoms with Crippen LogP contribution < -0.4 is 4.74 Å². The van der Waals surface area contributed by atoms with Crippen molar-refractivity contribution in [3.05, 3.63) is 94.0 Å². The van der Waals surface area contributed by atoms with Crippen molar-refractivity contribution in [2.24, 2.45) is 0 Å². The van der Waals surface area contributed by atoms with Crippen LogP contribution >= 0.6 is 23.4 Å². The summed E-state index contributed by atoms with van der Waals surface area (Å²) in [7, 11) is 0. The van der Waals surface area contributed by atoms with Crippen molar-refractivity contribution in [2.45, 2.75) is 99.3 Å². The van der Waals surface area contributed by atoms with Crippen LogP contribution in [0.1, 0.15) is 103 Å². The Balaban J connectivity index is 0. The van der Waals surface area contributed by atoms with Crippen molar-refractivity contribution >= 4 is 23.4 Å². The second-order valence-electron chi connectivity index (χ2n) is 9.48. The summed E-state index contributed by atoms with van der Waals surface area (Å²) in [4.78, 5) is 1.36. The normalized spacial score (nSPS) is 10.9. The number of ether oxygens (including phenoxy) is 1. The maximum absolute atomic E-state index is 12.5. The monoisotopic (exact) mass is 548 g/mol. The molecule has 0 radical (unpaired) electrons. The van der Waals surface area contributed by atoms with Gasteiger partial charge in [0.05, 0.1) is 0 Å². The van der Waals surface area contributed by atoms with Crippen LogP contribution in [0.15, 0.2) is 71.6 Å². The SMILES string of the molecule is C.C.CC(F)Oc1cccc(C(C)C)c1.CSc1cccc(C(C)C)c1.Cc1cc(C(C)C)ccc1Cl. The largest absolute Gasteiger partial charge is 0.461 e. The van der Waals surface area contributed by atoms with Crippen LogP contribution in [-0.4, -0.2) is 12.6 Å². The fourth-order valence-corrected chi connectivity index (χ4v) is 3.75. The molecule has 0 saturated carbocycles. The first-order valence-corrected chi connectivity index (χ1v) is 13.9. The van der Waals surface area contributed by atoms with Crippen molar-refractivity contribution in [3.8, 4) is 5.75 Å². The Hall–Kier alpha value is -1.97. The molecular formula is C33H50ClFOS. The Bertz CT molecular complexity index is 1010. The number of benzene rings is 3. The van der Waals surface area contributed by atoms with E-state index in [-0.39, 0.29) is 14.9 Å². The van der Waals surface area contributed by atoms with Crippen molar-refractivity contribution < 1.29 is 9.13 Å².